The summed E-state index contributed by atoms with van der Waals surface area (Å²) >= 11 is 3.21. The molecule has 2 rings (SSSR count). The molecule has 0 saturated carbocycles. The number of piperidine rings is 1. The monoisotopic (exact) mass is 285 g/mol. The topological polar surface area (TPSA) is 33.5 Å². The van der Waals surface area contributed by atoms with Gasteiger partial charge in [-0.05, 0) is 53.7 Å². The van der Waals surface area contributed by atoms with Crippen LogP contribution >= 0.6 is 15.9 Å². The van der Waals surface area contributed by atoms with Crippen LogP contribution in [0.25, 0.3) is 0 Å². The molecule has 0 bridgehead atoms. The van der Waals surface area contributed by atoms with Gasteiger partial charge in [0.15, 0.2) is 10.4 Å². The summed E-state index contributed by atoms with van der Waals surface area (Å²) in [6.45, 7) is 5.17. The molecule has 2 unspecified atom stereocenters. The second-order valence-electron chi connectivity index (χ2n) is 4.58. The molecule has 0 aromatic carbocycles. The van der Waals surface area contributed by atoms with Gasteiger partial charge in [-0.15, -0.1) is 0 Å². The second-order valence-corrected chi connectivity index (χ2v) is 5.36. The van der Waals surface area contributed by atoms with Gasteiger partial charge in [-0.2, -0.15) is 0 Å². The third-order valence-corrected chi connectivity index (χ3v) is 3.61. The summed E-state index contributed by atoms with van der Waals surface area (Å²) in [5, 5.41) is 0. The summed E-state index contributed by atoms with van der Waals surface area (Å²) in [5.41, 5.74) is 0. The van der Waals surface area contributed by atoms with E-state index >= 15 is 0 Å². The Morgan fingerprint density at radius 2 is 2.25 bits per heavy atom. The first-order valence-corrected chi connectivity index (χ1v) is 6.43. The number of likely N-dealkylation sites (tertiary alicyclic amines) is 1. The van der Waals surface area contributed by atoms with Gasteiger partial charge in [-0.1, -0.05) is 6.92 Å². The molecule has 88 valence electrons. The van der Waals surface area contributed by atoms with E-state index < -0.39 is 0 Å². The highest BCUT2D eigenvalue weighted by Gasteiger charge is 2.28. The summed E-state index contributed by atoms with van der Waals surface area (Å²) in [7, 11) is 0. The van der Waals surface area contributed by atoms with Crippen molar-refractivity contribution in [1.29, 1.82) is 0 Å². The first kappa shape index (κ1) is 11.7. The predicted molar refractivity (Wildman–Crippen MR) is 65.3 cm³/mol. The number of nitrogens with zero attached hydrogens (tertiary/aromatic N) is 1. The van der Waals surface area contributed by atoms with Crippen molar-refractivity contribution in [3.8, 4) is 0 Å². The zero-order valence-corrected chi connectivity index (χ0v) is 11.2. The van der Waals surface area contributed by atoms with Gasteiger partial charge >= 0.3 is 0 Å². The highest BCUT2D eigenvalue weighted by molar-refractivity contribution is 9.10. The van der Waals surface area contributed by atoms with Crippen molar-refractivity contribution in [3.05, 3.63) is 22.6 Å². The van der Waals surface area contributed by atoms with Gasteiger partial charge in [0, 0.05) is 12.6 Å². The average Bonchev–Trinajstić information content (AvgIpc) is 2.64. The van der Waals surface area contributed by atoms with Crippen LogP contribution in [0.5, 0.6) is 0 Å². The van der Waals surface area contributed by atoms with Crippen molar-refractivity contribution in [2.75, 3.05) is 6.54 Å². The Hall–Kier alpha value is -0.770. The number of carbonyl (C=O) groups excluding carboxylic acids is 1. The number of hydrogen-bond donors (Lipinski definition) is 0. The van der Waals surface area contributed by atoms with E-state index in [1.54, 1.807) is 12.1 Å². The number of carbonyl (C=O) groups is 1. The van der Waals surface area contributed by atoms with Crippen LogP contribution in [0, 0.1) is 5.92 Å². The lowest BCUT2D eigenvalue weighted by Crippen LogP contribution is -2.44. The van der Waals surface area contributed by atoms with Crippen LogP contribution in [-0.2, 0) is 0 Å². The van der Waals surface area contributed by atoms with Crippen LogP contribution in [0.1, 0.15) is 37.2 Å². The van der Waals surface area contributed by atoms with E-state index in [1.807, 2.05) is 4.90 Å². The van der Waals surface area contributed by atoms with E-state index in [9.17, 15) is 4.79 Å². The van der Waals surface area contributed by atoms with E-state index in [0.29, 0.717) is 22.4 Å². The fourth-order valence-corrected chi connectivity index (χ4v) is 2.59. The summed E-state index contributed by atoms with van der Waals surface area (Å²) < 4.78 is 5.90. The van der Waals surface area contributed by atoms with Crippen molar-refractivity contribution in [2.24, 2.45) is 5.92 Å². The highest BCUT2D eigenvalue weighted by atomic mass is 79.9. The van der Waals surface area contributed by atoms with E-state index in [2.05, 4.69) is 29.8 Å². The van der Waals surface area contributed by atoms with Gasteiger partial charge in [0.1, 0.15) is 0 Å². The zero-order valence-electron chi connectivity index (χ0n) is 9.57. The number of hydrogen-bond acceptors (Lipinski definition) is 2. The Labute approximate surface area is 104 Å². The highest BCUT2D eigenvalue weighted by Crippen LogP contribution is 2.25. The van der Waals surface area contributed by atoms with Gasteiger partial charge < -0.3 is 9.32 Å². The molecule has 0 N–H and O–H groups in total. The van der Waals surface area contributed by atoms with Crippen molar-refractivity contribution in [2.45, 2.75) is 32.7 Å². The maximum Gasteiger partial charge on any atom is 0.289 e. The van der Waals surface area contributed by atoms with Crippen molar-refractivity contribution < 1.29 is 9.21 Å². The third kappa shape index (κ3) is 2.32. The molecule has 1 amide bonds. The Morgan fingerprint density at radius 3 is 2.81 bits per heavy atom. The quantitative estimate of drug-likeness (QED) is 0.793. The lowest BCUT2D eigenvalue weighted by Gasteiger charge is -2.35. The molecule has 4 heteroatoms. The van der Waals surface area contributed by atoms with Crippen LogP contribution < -0.4 is 0 Å². The molecule has 1 aliphatic rings. The smallest absolute Gasteiger partial charge is 0.289 e. The van der Waals surface area contributed by atoms with Gasteiger partial charge in [0.25, 0.3) is 5.91 Å². The minimum atomic E-state index is 0.00472. The maximum atomic E-state index is 12.1. The van der Waals surface area contributed by atoms with Crippen LogP contribution in [0.3, 0.4) is 0 Å². The first-order valence-electron chi connectivity index (χ1n) is 5.64. The van der Waals surface area contributed by atoms with E-state index in [1.165, 1.54) is 0 Å². The Balaban J connectivity index is 2.10. The first-order chi connectivity index (χ1) is 7.58. The standard InChI is InChI=1S/C12H16BrNO2/c1-8-5-6-14(9(2)7-8)12(15)10-3-4-11(13)16-10/h3-4,8-9H,5-7H2,1-2H3. The largest absolute Gasteiger partial charge is 0.444 e. The Bertz CT molecular complexity index is 388. The molecular formula is C12H16BrNO2. The molecule has 1 aromatic rings. The molecule has 1 fully saturated rings. The number of amides is 1. The third-order valence-electron chi connectivity index (χ3n) is 3.18. The molecule has 2 heterocycles. The summed E-state index contributed by atoms with van der Waals surface area (Å²) in [5.74, 6) is 1.14. The van der Waals surface area contributed by atoms with Gasteiger partial charge in [0.05, 0.1) is 0 Å². The molecule has 0 aliphatic carbocycles. The SMILES string of the molecule is CC1CCN(C(=O)c2ccc(Br)o2)C(C)C1. The molecule has 3 nitrogen and oxygen atoms in total. The van der Waals surface area contributed by atoms with E-state index in [4.69, 9.17) is 4.42 Å². The van der Waals surface area contributed by atoms with E-state index in [0.717, 1.165) is 19.4 Å². The normalized spacial score (nSPS) is 25.8. The second kappa shape index (κ2) is 4.62. The van der Waals surface area contributed by atoms with Crippen LogP contribution in [0.4, 0.5) is 0 Å². The minimum Gasteiger partial charge on any atom is -0.444 e. The molecule has 0 spiro atoms. The van der Waals surface area contributed by atoms with Crippen LogP contribution in [-0.4, -0.2) is 23.4 Å². The number of rotatable bonds is 1. The number of furan rings is 1. The Morgan fingerprint density at radius 1 is 1.50 bits per heavy atom. The molecule has 0 radical (unpaired) electrons. The van der Waals surface area contributed by atoms with Crippen LogP contribution in [0.2, 0.25) is 0 Å². The molecular weight excluding hydrogens is 270 g/mol. The van der Waals surface area contributed by atoms with Crippen molar-refractivity contribution in [3.63, 3.8) is 0 Å². The summed E-state index contributed by atoms with van der Waals surface area (Å²) in [6.07, 6.45) is 2.16. The maximum absolute atomic E-state index is 12.1. The zero-order chi connectivity index (χ0) is 11.7. The molecule has 1 aliphatic heterocycles. The fourth-order valence-electron chi connectivity index (χ4n) is 2.28. The lowest BCUT2D eigenvalue weighted by atomic mass is 9.93. The van der Waals surface area contributed by atoms with Gasteiger partial charge in [0.2, 0.25) is 0 Å². The Kier molecular flexibility index (Phi) is 3.38. The average molecular weight is 286 g/mol. The molecule has 1 saturated heterocycles. The van der Waals surface area contributed by atoms with E-state index in [-0.39, 0.29) is 5.91 Å². The molecule has 1 aromatic heterocycles. The predicted octanol–water partition coefficient (Wildman–Crippen LogP) is 3.30. The molecule has 2 atom stereocenters. The van der Waals surface area contributed by atoms with Gasteiger partial charge in [-0.25, -0.2) is 0 Å². The van der Waals surface area contributed by atoms with Crippen LogP contribution in [0.15, 0.2) is 21.2 Å². The lowest BCUT2D eigenvalue weighted by molar-refractivity contribution is 0.0555. The number of halogens is 1. The van der Waals surface area contributed by atoms with Gasteiger partial charge in [-0.3, -0.25) is 4.79 Å². The molecule has 16 heavy (non-hydrogen) atoms. The fraction of sp³-hybridized carbons (Fsp3) is 0.583. The van der Waals surface area contributed by atoms with Crippen molar-refractivity contribution in [1.82, 2.24) is 4.90 Å². The minimum absolute atomic E-state index is 0.00472. The summed E-state index contributed by atoms with van der Waals surface area (Å²) in [6, 6.07) is 3.78. The summed E-state index contributed by atoms with van der Waals surface area (Å²) in [4.78, 5) is 14.0. The van der Waals surface area contributed by atoms with Crippen molar-refractivity contribution >= 4 is 21.8 Å².